The SMILES string of the molecule is O=C(O)c1ccc(CNC(=O)c2ccc(OCc3ccccc3)cc2)cc1. The lowest BCUT2D eigenvalue weighted by molar-refractivity contribution is 0.0696. The van der Waals surface area contributed by atoms with Crippen molar-refractivity contribution in [1.82, 2.24) is 5.32 Å². The first-order valence-electron chi connectivity index (χ1n) is 8.49. The number of carboxylic acids is 1. The van der Waals surface area contributed by atoms with E-state index in [9.17, 15) is 9.59 Å². The van der Waals surface area contributed by atoms with Crippen molar-refractivity contribution in [3.63, 3.8) is 0 Å². The largest absolute Gasteiger partial charge is 0.489 e. The third-order valence-electron chi connectivity index (χ3n) is 4.02. The van der Waals surface area contributed by atoms with Crippen molar-refractivity contribution in [2.24, 2.45) is 0 Å². The Balaban J connectivity index is 1.51. The molecule has 0 aliphatic rings. The van der Waals surface area contributed by atoms with Crippen LogP contribution in [0.1, 0.15) is 31.8 Å². The van der Waals surface area contributed by atoms with Gasteiger partial charge in [-0.2, -0.15) is 0 Å². The first kappa shape index (κ1) is 18.2. The van der Waals surface area contributed by atoms with Gasteiger partial charge in [-0.05, 0) is 47.5 Å². The Bertz CT molecular complexity index is 903. The fourth-order valence-corrected chi connectivity index (χ4v) is 2.49. The molecule has 1 amide bonds. The molecule has 3 rings (SSSR count). The summed E-state index contributed by atoms with van der Waals surface area (Å²) in [6.45, 7) is 0.795. The van der Waals surface area contributed by atoms with E-state index in [1.54, 1.807) is 36.4 Å². The van der Waals surface area contributed by atoms with Crippen LogP contribution in [0.5, 0.6) is 5.75 Å². The number of rotatable bonds is 7. The molecule has 0 unspecified atom stereocenters. The van der Waals surface area contributed by atoms with Crippen LogP contribution in [-0.4, -0.2) is 17.0 Å². The maximum atomic E-state index is 12.2. The molecule has 0 aliphatic heterocycles. The number of hydrogen-bond acceptors (Lipinski definition) is 3. The third kappa shape index (κ3) is 5.19. The molecular formula is C22H19NO4. The molecule has 5 heteroatoms. The maximum absolute atomic E-state index is 12.2. The minimum atomic E-state index is -0.972. The van der Waals surface area contributed by atoms with Gasteiger partial charge in [0.25, 0.3) is 5.91 Å². The minimum absolute atomic E-state index is 0.202. The number of aromatic carboxylic acids is 1. The summed E-state index contributed by atoms with van der Waals surface area (Å²) in [6, 6.07) is 23.2. The predicted octanol–water partition coefficient (Wildman–Crippen LogP) is 3.89. The van der Waals surface area contributed by atoms with E-state index in [1.165, 1.54) is 12.1 Å². The number of amides is 1. The van der Waals surface area contributed by atoms with E-state index in [0.717, 1.165) is 11.1 Å². The van der Waals surface area contributed by atoms with E-state index < -0.39 is 5.97 Å². The highest BCUT2D eigenvalue weighted by Crippen LogP contribution is 2.14. The lowest BCUT2D eigenvalue weighted by Crippen LogP contribution is -2.22. The molecule has 0 saturated heterocycles. The van der Waals surface area contributed by atoms with Crippen LogP contribution >= 0.6 is 0 Å². The zero-order chi connectivity index (χ0) is 19.1. The first-order valence-corrected chi connectivity index (χ1v) is 8.49. The molecular weight excluding hydrogens is 342 g/mol. The molecule has 27 heavy (non-hydrogen) atoms. The average Bonchev–Trinajstić information content (AvgIpc) is 2.72. The lowest BCUT2D eigenvalue weighted by Gasteiger charge is -2.08. The van der Waals surface area contributed by atoms with E-state index in [2.05, 4.69) is 5.32 Å². The molecule has 0 aliphatic carbocycles. The number of benzene rings is 3. The second-order valence-corrected chi connectivity index (χ2v) is 5.98. The quantitative estimate of drug-likeness (QED) is 0.669. The van der Waals surface area contributed by atoms with Gasteiger partial charge in [-0.15, -0.1) is 0 Å². The van der Waals surface area contributed by atoms with Crippen molar-refractivity contribution in [3.05, 3.63) is 101 Å². The molecule has 0 bridgehead atoms. The molecule has 0 atom stereocenters. The van der Waals surface area contributed by atoms with Gasteiger partial charge >= 0.3 is 5.97 Å². The number of carboxylic acid groups (broad SMARTS) is 1. The van der Waals surface area contributed by atoms with Crippen molar-refractivity contribution >= 4 is 11.9 Å². The average molecular weight is 361 g/mol. The third-order valence-corrected chi connectivity index (χ3v) is 4.02. The van der Waals surface area contributed by atoms with Crippen molar-refractivity contribution in [2.75, 3.05) is 0 Å². The summed E-state index contributed by atoms with van der Waals surface area (Å²) >= 11 is 0. The number of carbonyl (C=O) groups is 2. The van der Waals surface area contributed by atoms with Crippen LogP contribution in [0.15, 0.2) is 78.9 Å². The van der Waals surface area contributed by atoms with E-state index in [-0.39, 0.29) is 11.5 Å². The highest BCUT2D eigenvalue weighted by molar-refractivity contribution is 5.94. The van der Waals surface area contributed by atoms with Crippen LogP contribution in [0.25, 0.3) is 0 Å². The zero-order valence-electron chi connectivity index (χ0n) is 14.6. The smallest absolute Gasteiger partial charge is 0.335 e. The Labute approximate surface area is 157 Å². The molecule has 2 N–H and O–H groups in total. The summed E-state index contributed by atoms with van der Waals surface area (Å²) in [5.74, 6) is -0.480. The van der Waals surface area contributed by atoms with Crippen LogP contribution in [0.3, 0.4) is 0 Å². The van der Waals surface area contributed by atoms with Crippen molar-refractivity contribution in [3.8, 4) is 5.75 Å². The summed E-state index contributed by atoms with van der Waals surface area (Å²) < 4.78 is 5.71. The highest BCUT2D eigenvalue weighted by atomic mass is 16.5. The van der Waals surface area contributed by atoms with Gasteiger partial charge < -0.3 is 15.2 Å². The van der Waals surface area contributed by atoms with Gasteiger partial charge in [0, 0.05) is 12.1 Å². The van der Waals surface area contributed by atoms with Gasteiger partial charge in [0.1, 0.15) is 12.4 Å². The van der Waals surface area contributed by atoms with Gasteiger partial charge in [0.2, 0.25) is 0 Å². The number of ether oxygens (including phenoxy) is 1. The monoisotopic (exact) mass is 361 g/mol. The summed E-state index contributed by atoms with van der Waals surface area (Å²) in [5, 5.41) is 11.7. The number of nitrogens with one attached hydrogen (secondary N) is 1. The van der Waals surface area contributed by atoms with E-state index in [0.29, 0.717) is 24.5 Å². The molecule has 0 spiro atoms. The topological polar surface area (TPSA) is 75.6 Å². The van der Waals surface area contributed by atoms with Crippen LogP contribution in [0, 0.1) is 0 Å². The van der Waals surface area contributed by atoms with Crippen LogP contribution in [0.2, 0.25) is 0 Å². The lowest BCUT2D eigenvalue weighted by atomic mass is 10.1. The highest BCUT2D eigenvalue weighted by Gasteiger charge is 2.07. The Morgan fingerprint density at radius 3 is 2.04 bits per heavy atom. The van der Waals surface area contributed by atoms with E-state index >= 15 is 0 Å². The number of hydrogen-bond donors (Lipinski definition) is 2. The Hall–Kier alpha value is -3.60. The standard InChI is InChI=1S/C22H19NO4/c24-21(23-14-16-6-8-19(9-7-16)22(25)26)18-10-12-20(13-11-18)27-15-17-4-2-1-3-5-17/h1-13H,14-15H2,(H,23,24)(H,25,26). The molecule has 5 nitrogen and oxygen atoms in total. The molecule has 3 aromatic rings. The summed E-state index contributed by atoms with van der Waals surface area (Å²) in [5.41, 5.74) is 2.66. The molecule has 136 valence electrons. The van der Waals surface area contributed by atoms with Gasteiger partial charge in [-0.25, -0.2) is 4.79 Å². The number of carbonyl (C=O) groups excluding carboxylic acids is 1. The summed E-state index contributed by atoms with van der Waals surface area (Å²) in [4.78, 5) is 23.1. The second kappa shape index (κ2) is 8.67. The second-order valence-electron chi connectivity index (χ2n) is 5.98. The molecule has 3 aromatic carbocycles. The molecule has 0 saturated carbocycles. The van der Waals surface area contributed by atoms with Crippen molar-refractivity contribution in [2.45, 2.75) is 13.2 Å². The van der Waals surface area contributed by atoms with Crippen LogP contribution < -0.4 is 10.1 Å². The Morgan fingerprint density at radius 2 is 1.41 bits per heavy atom. The van der Waals surface area contributed by atoms with Crippen LogP contribution in [-0.2, 0) is 13.2 Å². The maximum Gasteiger partial charge on any atom is 0.335 e. The Kier molecular flexibility index (Phi) is 5.84. The zero-order valence-corrected chi connectivity index (χ0v) is 14.6. The normalized spacial score (nSPS) is 10.2. The van der Waals surface area contributed by atoms with Gasteiger partial charge in [0.15, 0.2) is 0 Å². The fourth-order valence-electron chi connectivity index (χ4n) is 2.49. The summed E-state index contributed by atoms with van der Waals surface area (Å²) in [6.07, 6.45) is 0. The minimum Gasteiger partial charge on any atom is -0.489 e. The van der Waals surface area contributed by atoms with Gasteiger partial charge in [0.05, 0.1) is 5.56 Å². The van der Waals surface area contributed by atoms with Crippen LogP contribution in [0.4, 0.5) is 0 Å². The van der Waals surface area contributed by atoms with E-state index in [4.69, 9.17) is 9.84 Å². The molecule has 0 heterocycles. The first-order chi connectivity index (χ1) is 13.1. The van der Waals surface area contributed by atoms with Gasteiger partial charge in [-0.3, -0.25) is 4.79 Å². The molecule has 0 fully saturated rings. The Morgan fingerprint density at radius 1 is 0.778 bits per heavy atom. The van der Waals surface area contributed by atoms with E-state index in [1.807, 2.05) is 30.3 Å². The summed E-state index contributed by atoms with van der Waals surface area (Å²) in [7, 11) is 0. The van der Waals surface area contributed by atoms with Gasteiger partial charge in [-0.1, -0.05) is 42.5 Å². The molecule has 0 radical (unpaired) electrons. The van der Waals surface area contributed by atoms with Crippen molar-refractivity contribution in [1.29, 1.82) is 0 Å². The fraction of sp³-hybridized carbons (Fsp3) is 0.0909. The predicted molar refractivity (Wildman–Crippen MR) is 102 cm³/mol. The molecule has 0 aromatic heterocycles. The van der Waals surface area contributed by atoms with Crippen molar-refractivity contribution < 1.29 is 19.4 Å².